The van der Waals surface area contributed by atoms with Crippen LogP contribution >= 0.6 is 11.8 Å². The summed E-state index contributed by atoms with van der Waals surface area (Å²) >= 11 is 1.89. The van der Waals surface area contributed by atoms with E-state index in [1.54, 1.807) is 0 Å². The Morgan fingerprint density at radius 1 is 0.744 bits per heavy atom. The summed E-state index contributed by atoms with van der Waals surface area (Å²) in [5, 5.41) is 0. The maximum absolute atomic E-state index is 5.32. The van der Waals surface area contributed by atoms with Gasteiger partial charge in [0.1, 0.15) is 11.6 Å². The van der Waals surface area contributed by atoms with Crippen LogP contribution in [0.25, 0.3) is 5.57 Å². The first-order valence-electron chi connectivity index (χ1n) is 15.7. The van der Waals surface area contributed by atoms with Gasteiger partial charge in [-0.05, 0) is 76.3 Å². The first kappa shape index (κ1) is 25.5. The van der Waals surface area contributed by atoms with Crippen LogP contribution in [0.4, 0.5) is 0 Å². The normalized spacial score (nSPS) is 31.0. The maximum atomic E-state index is 5.32. The standard InChI is InChI=1S/C39H33N3S/c1-2-10-26(11-3-1)37-40-38(42-39(41-37)32-14-8-16-35-36(32)31-13-6-7-15-34(31)43-35)27-18-17-25-20-21-29-28-12-5-4-9-24(28)19-22-30(29)33(25)23-27/h1-10,13-16,19-23,26,28-30,32,36H,11-12,17-18H2/t26?,28?,29?,30?,32?,36-/m1/s1. The van der Waals surface area contributed by atoms with Crippen LogP contribution < -0.4 is 0 Å². The summed E-state index contributed by atoms with van der Waals surface area (Å²) in [5.74, 6) is 4.67. The van der Waals surface area contributed by atoms with Gasteiger partial charge in [-0.2, -0.15) is 0 Å². The van der Waals surface area contributed by atoms with E-state index in [0.717, 1.165) is 43.2 Å². The van der Waals surface area contributed by atoms with E-state index in [1.807, 2.05) is 11.8 Å². The topological polar surface area (TPSA) is 38.7 Å². The Kier molecular flexibility index (Phi) is 6.11. The number of thioether (sulfide) groups is 1. The molecule has 9 rings (SSSR count). The summed E-state index contributed by atoms with van der Waals surface area (Å²) in [7, 11) is 0. The van der Waals surface area contributed by atoms with Crippen LogP contribution in [0.5, 0.6) is 0 Å². The van der Waals surface area contributed by atoms with E-state index in [0.29, 0.717) is 17.8 Å². The van der Waals surface area contributed by atoms with E-state index >= 15 is 0 Å². The lowest BCUT2D eigenvalue weighted by atomic mass is 9.64. The summed E-state index contributed by atoms with van der Waals surface area (Å²) in [6, 6.07) is 8.82. The highest BCUT2D eigenvalue weighted by Gasteiger charge is 2.39. The van der Waals surface area contributed by atoms with Gasteiger partial charge < -0.3 is 0 Å². The van der Waals surface area contributed by atoms with Gasteiger partial charge in [0.2, 0.25) is 0 Å². The van der Waals surface area contributed by atoms with Gasteiger partial charge in [-0.25, -0.2) is 15.0 Å². The number of nitrogens with zero attached hydrogens (tertiary/aromatic N) is 3. The molecule has 5 unspecified atom stereocenters. The van der Waals surface area contributed by atoms with Crippen LogP contribution in [-0.4, -0.2) is 15.0 Å². The van der Waals surface area contributed by atoms with Gasteiger partial charge >= 0.3 is 0 Å². The molecule has 0 bridgehead atoms. The lowest BCUT2D eigenvalue weighted by Gasteiger charge is -2.40. The van der Waals surface area contributed by atoms with E-state index in [1.165, 1.54) is 37.7 Å². The molecule has 1 aliphatic heterocycles. The van der Waals surface area contributed by atoms with Crippen LogP contribution in [0.2, 0.25) is 0 Å². The fraction of sp³-hybridized carbons (Fsp3) is 0.256. The zero-order valence-electron chi connectivity index (χ0n) is 24.0. The van der Waals surface area contributed by atoms with Crippen LogP contribution in [0.15, 0.2) is 142 Å². The second-order valence-electron chi connectivity index (χ2n) is 12.5. The largest absolute Gasteiger partial charge is 0.217 e. The Morgan fingerprint density at radius 3 is 2.63 bits per heavy atom. The fourth-order valence-corrected chi connectivity index (χ4v) is 9.24. The molecule has 0 fully saturated rings. The summed E-state index contributed by atoms with van der Waals surface area (Å²) < 4.78 is 0. The molecule has 0 saturated carbocycles. The van der Waals surface area contributed by atoms with Crippen LogP contribution in [0, 0.1) is 17.8 Å². The lowest BCUT2D eigenvalue weighted by Crippen LogP contribution is -2.30. The summed E-state index contributed by atoms with van der Waals surface area (Å²) in [6.07, 6.45) is 38.5. The van der Waals surface area contributed by atoms with Crippen molar-refractivity contribution < 1.29 is 0 Å². The minimum Gasteiger partial charge on any atom is -0.217 e. The number of benzene rings is 1. The van der Waals surface area contributed by atoms with Gasteiger partial charge in [0, 0.05) is 28.6 Å². The monoisotopic (exact) mass is 575 g/mol. The predicted octanol–water partition coefficient (Wildman–Crippen LogP) is 9.25. The Labute approximate surface area is 257 Å². The second kappa shape index (κ2) is 10.3. The number of hydrogen-bond donors (Lipinski definition) is 0. The molecule has 3 nitrogen and oxygen atoms in total. The molecule has 2 aromatic rings. The van der Waals surface area contributed by atoms with Crippen molar-refractivity contribution in [3.63, 3.8) is 0 Å². The SMILES string of the molecule is C1=CCC(c2nc(C3=CC4=C(C=CC5C4C=CC4=CC=CCC45)CC3)nc(C3C=CC=C4Sc5ccccc5[C@@H]43)n2)C=C1. The zero-order chi connectivity index (χ0) is 28.3. The van der Waals surface area contributed by atoms with Gasteiger partial charge in [-0.15, -0.1) is 0 Å². The molecule has 7 aliphatic rings. The third-order valence-corrected chi connectivity index (χ3v) is 11.4. The second-order valence-corrected chi connectivity index (χ2v) is 13.7. The van der Waals surface area contributed by atoms with Gasteiger partial charge in [0.25, 0.3) is 0 Å². The zero-order valence-corrected chi connectivity index (χ0v) is 24.8. The van der Waals surface area contributed by atoms with Crippen molar-refractivity contribution >= 4 is 17.3 Å². The van der Waals surface area contributed by atoms with Crippen molar-refractivity contribution in [3.8, 4) is 0 Å². The van der Waals surface area contributed by atoms with Crippen molar-refractivity contribution in [2.45, 2.75) is 48.3 Å². The molecule has 210 valence electrons. The number of fused-ring (bicyclic) bond motifs is 7. The van der Waals surface area contributed by atoms with Crippen molar-refractivity contribution in [2.75, 3.05) is 0 Å². The van der Waals surface area contributed by atoms with E-state index in [9.17, 15) is 0 Å². The lowest BCUT2D eigenvalue weighted by molar-refractivity contribution is 0.379. The molecule has 6 aliphatic carbocycles. The number of rotatable bonds is 3. The summed E-state index contributed by atoms with van der Waals surface area (Å²) in [6.45, 7) is 0. The van der Waals surface area contributed by atoms with E-state index in [2.05, 4.69) is 115 Å². The molecule has 1 aromatic heterocycles. The third kappa shape index (κ3) is 4.30. The quantitative estimate of drug-likeness (QED) is 0.366. The third-order valence-electron chi connectivity index (χ3n) is 10.2. The molecule has 0 spiro atoms. The van der Waals surface area contributed by atoms with Gasteiger partial charge in [0.15, 0.2) is 5.82 Å². The molecular weight excluding hydrogens is 543 g/mol. The predicted molar refractivity (Wildman–Crippen MR) is 175 cm³/mol. The number of aromatic nitrogens is 3. The minimum absolute atomic E-state index is 0.0894. The Morgan fingerprint density at radius 2 is 1.67 bits per heavy atom. The Hall–Kier alpha value is -4.02. The first-order chi connectivity index (χ1) is 21.3. The molecule has 0 saturated heterocycles. The molecule has 6 atom stereocenters. The van der Waals surface area contributed by atoms with Gasteiger partial charge in [0.05, 0.1) is 0 Å². The van der Waals surface area contributed by atoms with Crippen molar-refractivity contribution in [2.24, 2.45) is 17.8 Å². The highest BCUT2D eigenvalue weighted by molar-refractivity contribution is 8.03. The minimum atomic E-state index is 0.0894. The first-order valence-corrected chi connectivity index (χ1v) is 16.5. The van der Waals surface area contributed by atoms with Crippen LogP contribution in [0.1, 0.15) is 66.5 Å². The maximum Gasteiger partial charge on any atom is 0.159 e. The molecule has 0 N–H and O–H groups in total. The average Bonchev–Trinajstić information content (AvgIpc) is 3.47. The van der Waals surface area contributed by atoms with E-state index in [4.69, 9.17) is 15.0 Å². The molecule has 4 heteroatoms. The Bertz CT molecular complexity index is 1840. The van der Waals surface area contributed by atoms with Crippen molar-refractivity contribution in [1.82, 2.24) is 15.0 Å². The van der Waals surface area contributed by atoms with E-state index < -0.39 is 0 Å². The smallest absolute Gasteiger partial charge is 0.159 e. The van der Waals surface area contributed by atoms with Crippen molar-refractivity contribution in [1.29, 1.82) is 0 Å². The molecule has 0 amide bonds. The highest BCUT2D eigenvalue weighted by atomic mass is 32.2. The molecule has 2 heterocycles. The molecule has 0 radical (unpaired) electrons. The fourth-order valence-electron chi connectivity index (χ4n) is 7.98. The number of hydrogen-bond acceptors (Lipinski definition) is 4. The number of allylic oxidation sites excluding steroid dienone is 20. The van der Waals surface area contributed by atoms with Crippen LogP contribution in [-0.2, 0) is 0 Å². The summed E-state index contributed by atoms with van der Waals surface area (Å²) in [4.78, 5) is 18.5. The van der Waals surface area contributed by atoms with E-state index in [-0.39, 0.29) is 17.8 Å². The highest BCUT2D eigenvalue weighted by Crippen LogP contribution is 2.56. The van der Waals surface area contributed by atoms with Gasteiger partial charge in [-0.3, -0.25) is 0 Å². The molecular formula is C39H33N3S. The van der Waals surface area contributed by atoms with Crippen LogP contribution in [0.3, 0.4) is 0 Å². The summed E-state index contributed by atoms with van der Waals surface area (Å²) in [5.41, 5.74) is 7.06. The molecule has 1 aromatic carbocycles. The van der Waals surface area contributed by atoms with Crippen molar-refractivity contribution in [3.05, 3.63) is 160 Å². The molecule has 43 heavy (non-hydrogen) atoms. The average molecular weight is 576 g/mol. The van der Waals surface area contributed by atoms with Gasteiger partial charge in [-0.1, -0.05) is 121 Å². The Balaban J connectivity index is 1.13.